The van der Waals surface area contributed by atoms with E-state index in [2.05, 4.69) is 6.92 Å². The molecular weight excluding hydrogens is 215 g/mol. The summed E-state index contributed by atoms with van der Waals surface area (Å²) >= 11 is 0. The zero-order valence-corrected chi connectivity index (χ0v) is 10.8. The van der Waals surface area contributed by atoms with Crippen LogP contribution in [0.4, 0.5) is 10.1 Å². The van der Waals surface area contributed by atoms with Gasteiger partial charge in [-0.1, -0.05) is 27.7 Å². The Kier molecular flexibility index (Phi) is 4.11. The van der Waals surface area contributed by atoms with Crippen molar-refractivity contribution in [2.45, 2.75) is 46.0 Å². The van der Waals surface area contributed by atoms with Crippen LogP contribution in [0.15, 0.2) is 6.07 Å². The van der Waals surface area contributed by atoms with E-state index in [1.54, 1.807) is 6.07 Å². The zero-order chi connectivity index (χ0) is 13.2. The monoisotopic (exact) mass is 234 g/mol. The second kappa shape index (κ2) is 5.18. The maximum absolute atomic E-state index is 14.0. The van der Waals surface area contributed by atoms with E-state index < -0.39 is 5.82 Å². The van der Waals surface area contributed by atoms with Crippen LogP contribution in [0.3, 0.4) is 0 Å². The molecule has 0 bridgehead atoms. The molecule has 1 rings (SSSR count). The molecule has 0 heterocycles. The van der Waals surface area contributed by atoms with Crippen molar-refractivity contribution >= 4 is 5.69 Å². The smallest absolute Gasteiger partial charge is 0.146 e. The fourth-order valence-corrected chi connectivity index (χ4v) is 1.99. The molecule has 1 unspecified atom stereocenters. The Hall–Kier alpha value is -1.56. The van der Waals surface area contributed by atoms with E-state index in [4.69, 9.17) is 11.0 Å². The molecule has 2 nitrogen and oxygen atoms in total. The van der Waals surface area contributed by atoms with Crippen LogP contribution >= 0.6 is 0 Å². The molecule has 0 aromatic heterocycles. The molecule has 17 heavy (non-hydrogen) atoms. The average molecular weight is 234 g/mol. The Morgan fingerprint density at radius 2 is 2.00 bits per heavy atom. The molecule has 1 aromatic rings. The Morgan fingerprint density at radius 3 is 2.41 bits per heavy atom. The number of hydrogen-bond acceptors (Lipinski definition) is 2. The summed E-state index contributed by atoms with van der Waals surface area (Å²) in [4.78, 5) is 0. The van der Waals surface area contributed by atoms with Crippen molar-refractivity contribution in [2.75, 3.05) is 5.73 Å². The maximum atomic E-state index is 14.0. The molecule has 0 fully saturated rings. The van der Waals surface area contributed by atoms with Gasteiger partial charge in [0.2, 0.25) is 0 Å². The lowest BCUT2D eigenvalue weighted by atomic mass is 9.88. The quantitative estimate of drug-likeness (QED) is 0.806. The minimum Gasteiger partial charge on any atom is -0.398 e. The minimum atomic E-state index is -0.466. The van der Waals surface area contributed by atoms with E-state index in [-0.39, 0.29) is 17.4 Å². The lowest BCUT2D eigenvalue weighted by Gasteiger charge is -2.19. The zero-order valence-electron chi connectivity index (χ0n) is 10.8. The third kappa shape index (κ3) is 2.41. The number of nitrogen functional groups attached to an aromatic ring is 1. The van der Waals surface area contributed by atoms with Crippen molar-refractivity contribution < 1.29 is 4.39 Å². The Labute approximate surface area is 102 Å². The van der Waals surface area contributed by atoms with E-state index in [9.17, 15) is 4.39 Å². The van der Waals surface area contributed by atoms with Crippen LogP contribution < -0.4 is 5.73 Å². The van der Waals surface area contributed by atoms with Crippen LogP contribution in [0.5, 0.6) is 0 Å². The van der Waals surface area contributed by atoms with E-state index in [0.29, 0.717) is 11.3 Å². The summed E-state index contributed by atoms with van der Waals surface area (Å²) in [6.45, 7) is 7.86. The summed E-state index contributed by atoms with van der Waals surface area (Å²) in [6, 6.07) is 3.49. The normalized spacial score (nSPS) is 12.5. The second-order valence-corrected chi connectivity index (χ2v) is 4.73. The number of hydrogen-bond donors (Lipinski definition) is 1. The standard InChI is InChI=1S/C14H19FN2/c1-5-9(4)11-6-10(7-16)13(15)12(8(2)3)14(11)17/h6,8-9H,5,17H2,1-4H3. The molecule has 0 radical (unpaired) electrons. The number of halogens is 1. The molecule has 0 aliphatic carbocycles. The van der Waals surface area contributed by atoms with Gasteiger partial charge in [-0.05, 0) is 29.9 Å². The van der Waals surface area contributed by atoms with E-state index in [0.717, 1.165) is 12.0 Å². The van der Waals surface area contributed by atoms with Gasteiger partial charge in [0.05, 0.1) is 5.56 Å². The topological polar surface area (TPSA) is 49.8 Å². The van der Waals surface area contributed by atoms with Crippen LogP contribution in [0.25, 0.3) is 0 Å². The molecule has 3 heteroatoms. The van der Waals surface area contributed by atoms with Gasteiger partial charge in [0.1, 0.15) is 11.9 Å². The summed E-state index contributed by atoms with van der Waals surface area (Å²) in [5.74, 6) is -0.252. The third-order valence-electron chi connectivity index (χ3n) is 3.22. The van der Waals surface area contributed by atoms with Crippen LogP contribution in [0.1, 0.15) is 62.6 Å². The Bertz CT molecular complexity index is 458. The molecule has 0 aliphatic heterocycles. The molecular formula is C14H19FN2. The molecule has 0 saturated carbocycles. The van der Waals surface area contributed by atoms with Gasteiger partial charge in [0.25, 0.3) is 0 Å². The largest absolute Gasteiger partial charge is 0.398 e. The number of anilines is 1. The predicted octanol–water partition coefficient (Wildman–Crippen LogP) is 3.92. The highest BCUT2D eigenvalue weighted by atomic mass is 19.1. The second-order valence-electron chi connectivity index (χ2n) is 4.73. The summed E-state index contributed by atoms with van der Waals surface area (Å²) in [7, 11) is 0. The fourth-order valence-electron chi connectivity index (χ4n) is 1.99. The van der Waals surface area contributed by atoms with E-state index in [1.165, 1.54) is 0 Å². The van der Waals surface area contributed by atoms with E-state index in [1.807, 2.05) is 26.8 Å². The van der Waals surface area contributed by atoms with Crippen LogP contribution in [0, 0.1) is 17.1 Å². The van der Waals surface area contributed by atoms with Crippen molar-refractivity contribution in [3.05, 3.63) is 28.6 Å². The van der Waals surface area contributed by atoms with Gasteiger partial charge >= 0.3 is 0 Å². The first-order chi connectivity index (χ1) is 7.93. The molecule has 0 saturated heterocycles. The first-order valence-corrected chi connectivity index (χ1v) is 5.95. The number of benzene rings is 1. The van der Waals surface area contributed by atoms with Crippen molar-refractivity contribution in [1.29, 1.82) is 5.26 Å². The Morgan fingerprint density at radius 1 is 1.41 bits per heavy atom. The number of rotatable bonds is 3. The van der Waals surface area contributed by atoms with Crippen molar-refractivity contribution in [3.63, 3.8) is 0 Å². The lowest BCUT2D eigenvalue weighted by Crippen LogP contribution is -2.08. The third-order valence-corrected chi connectivity index (χ3v) is 3.22. The maximum Gasteiger partial charge on any atom is 0.146 e. The van der Waals surface area contributed by atoms with Gasteiger partial charge in [-0.2, -0.15) is 5.26 Å². The number of nitriles is 1. The summed E-state index contributed by atoms with van der Waals surface area (Å²) in [6.07, 6.45) is 0.915. The Balaban J connectivity index is 3.55. The van der Waals surface area contributed by atoms with Crippen LogP contribution in [-0.2, 0) is 0 Å². The first-order valence-electron chi connectivity index (χ1n) is 5.95. The minimum absolute atomic E-state index is 0.0221. The molecule has 1 atom stereocenters. The molecule has 1 aromatic carbocycles. The molecule has 92 valence electrons. The highest BCUT2D eigenvalue weighted by Gasteiger charge is 2.20. The summed E-state index contributed by atoms with van der Waals surface area (Å²) < 4.78 is 14.0. The van der Waals surface area contributed by atoms with Gasteiger partial charge in [0.15, 0.2) is 0 Å². The number of nitrogens with zero attached hydrogens (tertiary/aromatic N) is 1. The molecule has 0 spiro atoms. The number of nitrogens with two attached hydrogens (primary N) is 1. The van der Waals surface area contributed by atoms with Gasteiger partial charge in [-0.15, -0.1) is 0 Å². The summed E-state index contributed by atoms with van der Waals surface area (Å²) in [5, 5.41) is 8.96. The predicted molar refractivity (Wildman–Crippen MR) is 68.3 cm³/mol. The average Bonchev–Trinajstić information content (AvgIpc) is 2.28. The summed E-state index contributed by atoms with van der Waals surface area (Å²) in [5.41, 5.74) is 7.99. The SMILES string of the molecule is CCC(C)c1cc(C#N)c(F)c(C(C)C)c1N. The van der Waals surface area contributed by atoms with Crippen molar-refractivity contribution in [3.8, 4) is 6.07 Å². The molecule has 0 amide bonds. The van der Waals surface area contributed by atoms with Gasteiger partial charge in [-0.3, -0.25) is 0 Å². The van der Waals surface area contributed by atoms with Gasteiger partial charge < -0.3 is 5.73 Å². The lowest BCUT2D eigenvalue weighted by molar-refractivity contribution is 0.593. The van der Waals surface area contributed by atoms with E-state index >= 15 is 0 Å². The highest BCUT2D eigenvalue weighted by molar-refractivity contribution is 5.60. The van der Waals surface area contributed by atoms with Crippen LogP contribution in [0.2, 0.25) is 0 Å². The molecule has 2 N–H and O–H groups in total. The van der Waals surface area contributed by atoms with Crippen molar-refractivity contribution in [1.82, 2.24) is 0 Å². The first kappa shape index (κ1) is 13.5. The van der Waals surface area contributed by atoms with Crippen LogP contribution in [-0.4, -0.2) is 0 Å². The fraction of sp³-hybridized carbons (Fsp3) is 0.500. The van der Waals surface area contributed by atoms with Gasteiger partial charge in [-0.25, -0.2) is 4.39 Å². The van der Waals surface area contributed by atoms with Crippen molar-refractivity contribution in [2.24, 2.45) is 0 Å². The molecule has 0 aliphatic rings. The highest BCUT2D eigenvalue weighted by Crippen LogP contribution is 2.35. The van der Waals surface area contributed by atoms with Gasteiger partial charge in [0, 0.05) is 11.3 Å².